The number of hydrazine groups is 1. The summed E-state index contributed by atoms with van der Waals surface area (Å²) in [6, 6.07) is 9.01. The lowest BCUT2D eigenvalue weighted by molar-refractivity contribution is 0.0600. The number of nitrogens with one attached hydrogen (secondary N) is 1. The summed E-state index contributed by atoms with van der Waals surface area (Å²) in [6.07, 6.45) is 6.14. The Bertz CT molecular complexity index is 905. The number of aromatic nitrogens is 4. The standard InChI is InChI=1S/C16H12N6O2/c23-15(13-8-18-14(9-17-13)21-7-3-6-19-21)20-22-10-11-4-1-2-5-12(11)16(22)24/h1-9H,10H2,(H,20,23). The molecule has 1 aliphatic rings. The number of benzene rings is 1. The molecule has 2 amide bonds. The molecule has 1 aromatic carbocycles. The summed E-state index contributed by atoms with van der Waals surface area (Å²) in [4.78, 5) is 32.7. The predicted octanol–water partition coefficient (Wildman–Crippen LogP) is 0.963. The van der Waals surface area contributed by atoms with Crippen molar-refractivity contribution in [3.63, 3.8) is 0 Å². The maximum atomic E-state index is 12.3. The summed E-state index contributed by atoms with van der Waals surface area (Å²) in [5.41, 5.74) is 4.16. The van der Waals surface area contributed by atoms with Crippen molar-refractivity contribution in [3.8, 4) is 5.82 Å². The van der Waals surface area contributed by atoms with Crippen LogP contribution in [0.4, 0.5) is 0 Å². The van der Waals surface area contributed by atoms with E-state index in [2.05, 4.69) is 20.5 Å². The van der Waals surface area contributed by atoms with E-state index in [1.807, 2.05) is 12.1 Å². The van der Waals surface area contributed by atoms with E-state index in [1.54, 1.807) is 30.6 Å². The van der Waals surface area contributed by atoms with Gasteiger partial charge in [-0.3, -0.25) is 15.0 Å². The maximum absolute atomic E-state index is 12.3. The number of rotatable bonds is 3. The Morgan fingerprint density at radius 3 is 2.71 bits per heavy atom. The average Bonchev–Trinajstić information content (AvgIpc) is 3.25. The van der Waals surface area contributed by atoms with Gasteiger partial charge in [0.25, 0.3) is 11.8 Å². The molecule has 0 bridgehead atoms. The molecule has 0 saturated heterocycles. The Hall–Kier alpha value is -3.55. The van der Waals surface area contributed by atoms with E-state index in [1.165, 1.54) is 22.1 Å². The summed E-state index contributed by atoms with van der Waals surface area (Å²) in [7, 11) is 0. The van der Waals surface area contributed by atoms with Gasteiger partial charge in [-0.1, -0.05) is 18.2 Å². The first-order chi connectivity index (χ1) is 11.7. The van der Waals surface area contributed by atoms with Gasteiger partial charge in [0.15, 0.2) is 5.82 Å². The molecule has 24 heavy (non-hydrogen) atoms. The molecule has 1 N–H and O–H groups in total. The lowest BCUT2D eigenvalue weighted by Gasteiger charge is -2.16. The summed E-state index contributed by atoms with van der Waals surface area (Å²) >= 11 is 0. The minimum absolute atomic E-state index is 0.120. The van der Waals surface area contributed by atoms with Crippen LogP contribution in [0.3, 0.4) is 0 Å². The van der Waals surface area contributed by atoms with Crippen molar-refractivity contribution in [2.24, 2.45) is 0 Å². The van der Waals surface area contributed by atoms with Crippen LogP contribution >= 0.6 is 0 Å². The Balaban J connectivity index is 1.48. The lowest BCUT2D eigenvalue weighted by atomic mass is 10.1. The molecule has 8 heteroatoms. The number of hydrogen-bond donors (Lipinski definition) is 1. The van der Waals surface area contributed by atoms with Crippen LogP contribution in [0, 0.1) is 0 Å². The Kier molecular flexibility index (Phi) is 3.27. The van der Waals surface area contributed by atoms with E-state index >= 15 is 0 Å². The molecule has 0 spiro atoms. The smallest absolute Gasteiger partial charge is 0.267 e. The van der Waals surface area contributed by atoms with E-state index in [0.29, 0.717) is 17.9 Å². The fourth-order valence-corrected chi connectivity index (χ4v) is 2.49. The van der Waals surface area contributed by atoms with Crippen molar-refractivity contribution >= 4 is 11.8 Å². The number of hydrogen-bond acceptors (Lipinski definition) is 5. The van der Waals surface area contributed by atoms with Gasteiger partial charge < -0.3 is 0 Å². The monoisotopic (exact) mass is 320 g/mol. The van der Waals surface area contributed by atoms with Gasteiger partial charge in [-0.05, 0) is 17.7 Å². The fourth-order valence-electron chi connectivity index (χ4n) is 2.49. The van der Waals surface area contributed by atoms with Crippen LogP contribution in [0.2, 0.25) is 0 Å². The highest BCUT2D eigenvalue weighted by atomic mass is 16.2. The summed E-state index contributed by atoms with van der Waals surface area (Å²) < 4.78 is 1.54. The first-order valence-corrected chi connectivity index (χ1v) is 7.25. The average molecular weight is 320 g/mol. The molecule has 4 rings (SSSR count). The maximum Gasteiger partial charge on any atom is 0.290 e. The zero-order chi connectivity index (χ0) is 16.5. The van der Waals surface area contributed by atoms with Crippen LogP contribution in [0.1, 0.15) is 26.4 Å². The second-order valence-electron chi connectivity index (χ2n) is 5.20. The number of amides is 2. The second kappa shape index (κ2) is 5.58. The van der Waals surface area contributed by atoms with Crippen LogP contribution in [0.15, 0.2) is 55.1 Å². The number of carbonyl (C=O) groups is 2. The summed E-state index contributed by atoms with van der Waals surface area (Å²) in [6.45, 7) is 0.333. The van der Waals surface area contributed by atoms with Crippen LogP contribution in [0.5, 0.6) is 0 Å². The van der Waals surface area contributed by atoms with Gasteiger partial charge in [0.2, 0.25) is 0 Å². The molecule has 8 nitrogen and oxygen atoms in total. The SMILES string of the molecule is O=C(NN1Cc2ccccc2C1=O)c1cnc(-n2cccn2)cn1. The molecule has 2 aromatic heterocycles. The number of nitrogens with zero attached hydrogens (tertiary/aromatic N) is 5. The molecular formula is C16H12N6O2. The van der Waals surface area contributed by atoms with E-state index in [0.717, 1.165) is 5.56 Å². The van der Waals surface area contributed by atoms with Gasteiger partial charge in [-0.25, -0.2) is 19.7 Å². The third kappa shape index (κ3) is 2.39. The van der Waals surface area contributed by atoms with Crippen molar-refractivity contribution in [3.05, 3.63) is 71.9 Å². The zero-order valence-corrected chi connectivity index (χ0v) is 12.5. The molecule has 0 radical (unpaired) electrons. The molecule has 0 fully saturated rings. The van der Waals surface area contributed by atoms with Crippen LogP contribution in [0.25, 0.3) is 5.82 Å². The van der Waals surface area contributed by atoms with Gasteiger partial charge in [-0.2, -0.15) is 5.10 Å². The second-order valence-corrected chi connectivity index (χ2v) is 5.20. The quantitative estimate of drug-likeness (QED) is 0.776. The zero-order valence-electron chi connectivity index (χ0n) is 12.5. The number of carbonyl (C=O) groups excluding carboxylic acids is 2. The lowest BCUT2D eigenvalue weighted by Crippen LogP contribution is -2.42. The molecule has 0 saturated carbocycles. The van der Waals surface area contributed by atoms with Gasteiger partial charge in [0.1, 0.15) is 5.69 Å². The molecule has 0 atom stereocenters. The highest BCUT2D eigenvalue weighted by Gasteiger charge is 2.28. The van der Waals surface area contributed by atoms with E-state index < -0.39 is 5.91 Å². The Morgan fingerprint density at radius 1 is 1.12 bits per heavy atom. The van der Waals surface area contributed by atoms with Gasteiger partial charge >= 0.3 is 0 Å². The predicted molar refractivity (Wildman–Crippen MR) is 82.9 cm³/mol. The molecule has 3 aromatic rings. The van der Waals surface area contributed by atoms with E-state index in [9.17, 15) is 9.59 Å². The van der Waals surface area contributed by atoms with Crippen molar-refractivity contribution < 1.29 is 9.59 Å². The third-order valence-electron chi connectivity index (χ3n) is 3.67. The van der Waals surface area contributed by atoms with E-state index in [4.69, 9.17) is 0 Å². The Labute approximate surface area is 136 Å². The first-order valence-electron chi connectivity index (χ1n) is 7.25. The van der Waals surface area contributed by atoms with Gasteiger partial charge in [0, 0.05) is 18.0 Å². The molecule has 3 heterocycles. The summed E-state index contributed by atoms with van der Waals surface area (Å²) in [5, 5.41) is 5.31. The molecule has 0 aliphatic carbocycles. The minimum atomic E-state index is -0.490. The molecule has 1 aliphatic heterocycles. The van der Waals surface area contributed by atoms with Crippen molar-refractivity contribution in [2.45, 2.75) is 6.54 Å². The van der Waals surface area contributed by atoms with Crippen molar-refractivity contribution in [1.82, 2.24) is 30.2 Å². The van der Waals surface area contributed by atoms with Crippen LogP contribution in [-0.2, 0) is 6.54 Å². The van der Waals surface area contributed by atoms with E-state index in [-0.39, 0.29) is 11.6 Å². The van der Waals surface area contributed by atoms with Crippen molar-refractivity contribution in [2.75, 3.05) is 0 Å². The van der Waals surface area contributed by atoms with Gasteiger partial charge in [0.05, 0.1) is 18.9 Å². The fraction of sp³-hybridized carbons (Fsp3) is 0.0625. The van der Waals surface area contributed by atoms with Gasteiger partial charge in [-0.15, -0.1) is 0 Å². The number of fused-ring (bicyclic) bond motifs is 1. The molecule has 118 valence electrons. The van der Waals surface area contributed by atoms with Crippen LogP contribution in [-0.4, -0.2) is 36.6 Å². The van der Waals surface area contributed by atoms with Crippen LogP contribution < -0.4 is 5.43 Å². The molecule has 0 unspecified atom stereocenters. The largest absolute Gasteiger partial charge is 0.290 e. The topological polar surface area (TPSA) is 93.0 Å². The van der Waals surface area contributed by atoms with Crippen molar-refractivity contribution in [1.29, 1.82) is 0 Å². The highest BCUT2D eigenvalue weighted by molar-refractivity contribution is 6.01. The molecular weight excluding hydrogens is 308 g/mol. The minimum Gasteiger partial charge on any atom is -0.267 e. The third-order valence-corrected chi connectivity index (χ3v) is 3.67. The first kappa shape index (κ1) is 14.1. The Morgan fingerprint density at radius 2 is 2.00 bits per heavy atom. The normalized spacial score (nSPS) is 13.0. The highest BCUT2D eigenvalue weighted by Crippen LogP contribution is 2.20. The summed E-state index contributed by atoms with van der Waals surface area (Å²) in [5.74, 6) is -0.225.